The average molecular weight is 433 g/mol. The van der Waals surface area contributed by atoms with E-state index in [0.29, 0.717) is 22.0 Å². The minimum absolute atomic E-state index is 0.0151. The number of hydrogen-bond donors (Lipinski definition) is 1. The molecule has 0 bridgehead atoms. The van der Waals surface area contributed by atoms with Crippen molar-refractivity contribution < 1.29 is 14.7 Å². The number of rotatable bonds is 3. The smallest absolute Gasteiger partial charge is 0.300 e. The van der Waals surface area contributed by atoms with Gasteiger partial charge in [0.1, 0.15) is 11.8 Å². The molecule has 6 heteroatoms. The van der Waals surface area contributed by atoms with Gasteiger partial charge in [-0.05, 0) is 73.9 Å². The summed E-state index contributed by atoms with van der Waals surface area (Å²) in [6.07, 6.45) is 1.60. The number of aryl methyl sites for hydroxylation is 3. The first-order chi connectivity index (χ1) is 14.8. The maximum absolute atomic E-state index is 13.2. The molecule has 1 N–H and O–H groups in total. The number of nitrogens with zero attached hydrogens (tertiary/aromatic N) is 2. The molecule has 0 saturated carbocycles. The van der Waals surface area contributed by atoms with Gasteiger partial charge in [0.15, 0.2) is 0 Å². The lowest BCUT2D eigenvalue weighted by molar-refractivity contribution is -0.132. The van der Waals surface area contributed by atoms with Crippen LogP contribution in [0.3, 0.4) is 0 Å². The fourth-order valence-electron chi connectivity index (χ4n) is 3.83. The van der Waals surface area contributed by atoms with Crippen LogP contribution in [0.5, 0.6) is 0 Å². The van der Waals surface area contributed by atoms with Gasteiger partial charge in [-0.3, -0.25) is 19.5 Å². The molecular formula is C25H21ClN2O3. The topological polar surface area (TPSA) is 70.5 Å². The third kappa shape index (κ3) is 3.62. The van der Waals surface area contributed by atoms with Gasteiger partial charge >= 0.3 is 0 Å². The molecule has 2 heterocycles. The molecule has 1 amide bonds. The van der Waals surface area contributed by atoms with Crippen LogP contribution >= 0.6 is 11.6 Å². The van der Waals surface area contributed by atoms with Gasteiger partial charge in [-0.25, -0.2) is 0 Å². The fourth-order valence-corrected chi connectivity index (χ4v) is 4.06. The van der Waals surface area contributed by atoms with E-state index in [0.717, 1.165) is 16.7 Å². The highest BCUT2D eigenvalue weighted by molar-refractivity contribution is 6.51. The van der Waals surface area contributed by atoms with Gasteiger partial charge in [0.25, 0.3) is 11.7 Å². The second-order valence-corrected chi connectivity index (χ2v) is 8.09. The summed E-state index contributed by atoms with van der Waals surface area (Å²) in [5.74, 6) is -1.68. The van der Waals surface area contributed by atoms with Crippen molar-refractivity contribution in [1.29, 1.82) is 0 Å². The number of halogens is 1. The number of benzene rings is 2. The van der Waals surface area contributed by atoms with Crippen LogP contribution < -0.4 is 4.90 Å². The van der Waals surface area contributed by atoms with Gasteiger partial charge in [-0.1, -0.05) is 29.8 Å². The monoisotopic (exact) mass is 432 g/mol. The van der Waals surface area contributed by atoms with Gasteiger partial charge in [0.2, 0.25) is 0 Å². The van der Waals surface area contributed by atoms with Crippen LogP contribution in [-0.4, -0.2) is 21.8 Å². The van der Waals surface area contributed by atoms with Crippen molar-refractivity contribution in [3.63, 3.8) is 0 Å². The van der Waals surface area contributed by atoms with Crippen LogP contribution in [0.25, 0.3) is 5.76 Å². The van der Waals surface area contributed by atoms with Crippen molar-refractivity contribution in [2.75, 3.05) is 4.90 Å². The Kier molecular flexibility index (Phi) is 5.38. The van der Waals surface area contributed by atoms with Gasteiger partial charge in [-0.2, -0.15) is 0 Å². The fraction of sp³-hybridized carbons (Fsp3) is 0.160. The number of amides is 1. The Morgan fingerprint density at radius 2 is 1.74 bits per heavy atom. The molecule has 0 spiro atoms. The van der Waals surface area contributed by atoms with E-state index in [4.69, 9.17) is 11.6 Å². The number of aromatic nitrogens is 1. The highest BCUT2D eigenvalue weighted by Crippen LogP contribution is 2.42. The zero-order valence-corrected chi connectivity index (χ0v) is 18.1. The number of carbonyl (C=O) groups is 2. The molecule has 1 fully saturated rings. The number of aliphatic hydroxyl groups is 1. The zero-order chi connectivity index (χ0) is 22.3. The lowest BCUT2D eigenvalue weighted by atomic mass is 9.96. The van der Waals surface area contributed by atoms with E-state index in [1.165, 1.54) is 4.90 Å². The SMILES string of the molecule is Cc1ccc(/C(O)=C2\C(=O)C(=O)N(c3ccc(Cl)cc3C)C2c2ccccn2)cc1C. The quantitative estimate of drug-likeness (QED) is 0.347. The molecule has 0 aliphatic carbocycles. The highest BCUT2D eigenvalue weighted by atomic mass is 35.5. The van der Waals surface area contributed by atoms with Crippen molar-refractivity contribution in [3.8, 4) is 0 Å². The van der Waals surface area contributed by atoms with Gasteiger partial charge in [-0.15, -0.1) is 0 Å². The summed E-state index contributed by atoms with van der Waals surface area (Å²) in [7, 11) is 0. The lowest BCUT2D eigenvalue weighted by Gasteiger charge is -2.26. The van der Waals surface area contributed by atoms with E-state index in [2.05, 4.69) is 4.98 Å². The molecule has 1 saturated heterocycles. The Morgan fingerprint density at radius 3 is 2.39 bits per heavy atom. The van der Waals surface area contributed by atoms with Crippen molar-refractivity contribution in [2.24, 2.45) is 0 Å². The second-order valence-electron chi connectivity index (χ2n) is 7.65. The second kappa shape index (κ2) is 8.00. The number of ketones is 1. The van der Waals surface area contributed by atoms with Crippen LogP contribution in [0.4, 0.5) is 5.69 Å². The number of Topliss-reactive ketones (excluding diaryl/α,β-unsaturated/α-hetero) is 1. The predicted molar refractivity (Wildman–Crippen MR) is 121 cm³/mol. The normalized spacial score (nSPS) is 17.9. The van der Waals surface area contributed by atoms with Gasteiger partial charge < -0.3 is 5.11 Å². The maximum atomic E-state index is 13.2. The molecular weight excluding hydrogens is 412 g/mol. The largest absolute Gasteiger partial charge is 0.507 e. The molecule has 1 aromatic heterocycles. The van der Waals surface area contributed by atoms with Crippen LogP contribution in [0.1, 0.15) is 34.0 Å². The zero-order valence-electron chi connectivity index (χ0n) is 17.4. The van der Waals surface area contributed by atoms with E-state index >= 15 is 0 Å². The maximum Gasteiger partial charge on any atom is 0.300 e. The van der Waals surface area contributed by atoms with Crippen LogP contribution in [-0.2, 0) is 9.59 Å². The third-order valence-electron chi connectivity index (χ3n) is 5.61. The predicted octanol–water partition coefficient (Wildman–Crippen LogP) is 5.29. The summed E-state index contributed by atoms with van der Waals surface area (Å²) >= 11 is 6.10. The Hall–Kier alpha value is -3.44. The number of anilines is 1. The number of carbonyl (C=O) groups excluding carboxylic acids is 2. The summed E-state index contributed by atoms with van der Waals surface area (Å²) in [5.41, 5.74) is 4.30. The first kappa shape index (κ1) is 20.8. The molecule has 4 rings (SSSR count). The molecule has 1 atom stereocenters. The molecule has 1 unspecified atom stereocenters. The van der Waals surface area contributed by atoms with Gasteiger partial charge in [0, 0.05) is 22.5 Å². The molecule has 1 aliphatic rings. The van der Waals surface area contributed by atoms with Crippen LogP contribution in [0.15, 0.2) is 66.4 Å². The third-order valence-corrected chi connectivity index (χ3v) is 5.85. The summed E-state index contributed by atoms with van der Waals surface area (Å²) in [6, 6.07) is 14.9. The minimum atomic E-state index is -0.859. The summed E-state index contributed by atoms with van der Waals surface area (Å²) in [4.78, 5) is 32.1. The summed E-state index contributed by atoms with van der Waals surface area (Å²) < 4.78 is 0. The minimum Gasteiger partial charge on any atom is -0.507 e. The number of pyridine rings is 1. The number of aliphatic hydroxyl groups excluding tert-OH is 1. The van der Waals surface area contributed by atoms with E-state index in [1.54, 1.807) is 54.7 Å². The van der Waals surface area contributed by atoms with Crippen LogP contribution in [0, 0.1) is 20.8 Å². The summed E-state index contributed by atoms with van der Waals surface area (Å²) in [5, 5.41) is 11.7. The Bertz CT molecular complexity index is 1230. The van der Waals surface area contributed by atoms with Gasteiger partial charge in [0.05, 0.1) is 11.3 Å². The molecule has 1 aliphatic heterocycles. The van der Waals surface area contributed by atoms with Crippen molar-refractivity contribution >= 4 is 34.7 Å². The molecule has 5 nitrogen and oxygen atoms in total. The van der Waals surface area contributed by atoms with Crippen molar-refractivity contribution in [2.45, 2.75) is 26.8 Å². The molecule has 156 valence electrons. The lowest BCUT2D eigenvalue weighted by Crippen LogP contribution is -2.30. The standard InChI is InChI=1S/C25H21ClN2O3/c1-14-7-8-17(12-15(14)2)23(29)21-22(19-6-4-5-11-27-19)28(25(31)24(21)30)20-10-9-18(26)13-16(20)3/h4-13,22,29H,1-3H3/b23-21+. The van der Waals surface area contributed by atoms with E-state index < -0.39 is 17.7 Å². The van der Waals surface area contributed by atoms with E-state index in [1.807, 2.05) is 26.8 Å². The molecule has 31 heavy (non-hydrogen) atoms. The Morgan fingerprint density at radius 1 is 0.968 bits per heavy atom. The summed E-state index contributed by atoms with van der Waals surface area (Å²) in [6.45, 7) is 5.71. The first-order valence-corrected chi connectivity index (χ1v) is 10.2. The van der Waals surface area contributed by atoms with Crippen LogP contribution in [0.2, 0.25) is 5.02 Å². The molecule has 0 radical (unpaired) electrons. The Labute approximate surface area is 185 Å². The Balaban J connectivity index is 1.97. The van der Waals surface area contributed by atoms with E-state index in [9.17, 15) is 14.7 Å². The highest BCUT2D eigenvalue weighted by Gasteiger charge is 2.48. The molecule has 2 aromatic carbocycles. The molecule has 3 aromatic rings. The first-order valence-electron chi connectivity index (χ1n) is 9.85. The van der Waals surface area contributed by atoms with E-state index in [-0.39, 0.29) is 11.3 Å². The van der Waals surface area contributed by atoms with Crippen molar-refractivity contribution in [3.05, 3.63) is 99.3 Å². The number of hydrogen-bond acceptors (Lipinski definition) is 4. The van der Waals surface area contributed by atoms with Crippen molar-refractivity contribution in [1.82, 2.24) is 4.98 Å². The average Bonchev–Trinajstić information content (AvgIpc) is 3.01.